The molecule has 0 aliphatic heterocycles. The molecule has 2 aromatic rings. The van der Waals surface area contributed by atoms with Crippen LogP contribution in [0.25, 0.3) is 10.2 Å². The molecule has 0 aliphatic carbocycles. The Hall–Kier alpha value is -1.42. The molecule has 0 N–H and O–H groups in total. The summed E-state index contributed by atoms with van der Waals surface area (Å²) in [7, 11) is 0. The molecule has 0 bridgehead atoms. The van der Waals surface area contributed by atoms with Gasteiger partial charge in [-0.25, -0.2) is 4.98 Å². The zero-order chi connectivity index (χ0) is 12.5. The van der Waals surface area contributed by atoms with Gasteiger partial charge in [-0.3, -0.25) is 4.79 Å². The highest BCUT2D eigenvalue weighted by atomic mass is 32.1. The molecule has 0 spiro atoms. The van der Waals surface area contributed by atoms with Crippen molar-refractivity contribution in [3.8, 4) is 0 Å². The molecule has 0 radical (unpaired) electrons. The number of ether oxygens (including phenoxy) is 1. The lowest BCUT2D eigenvalue weighted by molar-refractivity contribution is -0.153. The minimum absolute atomic E-state index is 0.193. The average Bonchev–Trinajstić information content (AvgIpc) is 2.61. The maximum absolute atomic E-state index is 11.7. The number of benzene rings is 1. The Morgan fingerprint density at radius 2 is 2.18 bits per heavy atom. The Morgan fingerprint density at radius 3 is 2.88 bits per heavy atom. The molecule has 0 fully saturated rings. The minimum Gasteiger partial charge on any atom is -0.460 e. The Labute approximate surface area is 104 Å². The first-order valence-electron chi connectivity index (χ1n) is 5.48. The summed E-state index contributed by atoms with van der Waals surface area (Å²) in [5.41, 5.74) is 3.33. The molecular weight excluding hydrogens is 234 g/mol. The van der Waals surface area contributed by atoms with Gasteiger partial charge >= 0.3 is 5.97 Å². The number of aromatic nitrogens is 1. The quantitative estimate of drug-likeness (QED) is 0.767. The molecule has 1 aromatic heterocycles. The van der Waals surface area contributed by atoms with Crippen LogP contribution in [0.1, 0.15) is 26.3 Å². The second-order valence-corrected chi connectivity index (χ2v) is 5.80. The van der Waals surface area contributed by atoms with Crippen molar-refractivity contribution in [2.45, 2.75) is 32.8 Å². The molecule has 17 heavy (non-hydrogen) atoms. The van der Waals surface area contributed by atoms with Gasteiger partial charge in [0.1, 0.15) is 5.60 Å². The van der Waals surface area contributed by atoms with Crippen molar-refractivity contribution in [2.75, 3.05) is 0 Å². The molecule has 1 aromatic carbocycles. The van der Waals surface area contributed by atoms with Crippen LogP contribution in [0, 0.1) is 0 Å². The topological polar surface area (TPSA) is 39.2 Å². The summed E-state index contributed by atoms with van der Waals surface area (Å²) in [5, 5.41) is 0. The van der Waals surface area contributed by atoms with Crippen LogP contribution < -0.4 is 0 Å². The van der Waals surface area contributed by atoms with Crippen LogP contribution in [0.5, 0.6) is 0 Å². The van der Waals surface area contributed by atoms with Crippen molar-refractivity contribution in [1.29, 1.82) is 0 Å². The van der Waals surface area contributed by atoms with Gasteiger partial charge in [-0.05, 0) is 38.5 Å². The van der Waals surface area contributed by atoms with Crippen LogP contribution in [0.4, 0.5) is 0 Å². The Balaban J connectivity index is 2.10. The maximum atomic E-state index is 11.7. The third kappa shape index (κ3) is 3.27. The van der Waals surface area contributed by atoms with E-state index in [0.29, 0.717) is 6.42 Å². The van der Waals surface area contributed by atoms with Crippen LogP contribution in [0.15, 0.2) is 23.7 Å². The van der Waals surface area contributed by atoms with E-state index in [1.165, 1.54) is 0 Å². The lowest BCUT2D eigenvalue weighted by Gasteiger charge is -2.19. The van der Waals surface area contributed by atoms with Crippen molar-refractivity contribution < 1.29 is 9.53 Å². The number of hydrogen-bond acceptors (Lipinski definition) is 4. The lowest BCUT2D eigenvalue weighted by Crippen LogP contribution is -2.24. The van der Waals surface area contributed by atoms with E-state index in [0.717, 1.165) is 15.8 Å². The van der Waals surface area contributed by atoms with Crippen LogP contribution in [0.3, 0.4) is 0 Å². The van der Waals surface area contributed by atoms with Crippen molar-refractivity contribution in [1.82, 2.24) is 4.98 Å². The monoisotopic (exact) mass is 249 g/mol. The molecule has 4 heteroatoms. The summed E-state index contributed by atoms with van der Waals surface area (Å²) in [6, 6.07) is 5.86. The van der Waals surface area contributed by atoms with Gasteiger partial charge in [-0.15, -0.1) is 11.3 Å². The van der Waals surface area contributed by atoms with Gasteiger partial charge in [0.15, 0.2) is 0 Å². The van der Waals surface area contributed by atoms with Crippen molar-refractivity contribution in [3.05, 3.63) is 29.3 Å². The number of nitrogens with zero attached hydrogens (tertiary/aromatic N) is 1. The molecule has 1 heterocycles. The smallest absolute Gasteiger partial charge is 0.310 e. The fourth-order valence-electron chi connectivity index (χ4n) is 1.55. The van der Waals surface area contributed by atoms with Gasteiger partial charge in [0.25, 0.3) is 0 Å². The van der Waals surface area contributed by atoms with Crippen LogP contribution in [-0.2, 0) is 16.0 Å². The first-order chi connectivity index (χ1) is 7.94. The van der Waals surface area contributed by atoms with E-state index in [4.69, 9.17) is 4.74 Å². The molecule has 0 unspecified atom stereocenters. The third-order valence-corrected chi connectivity index (χ3v) is 2.96. The molecule has 0 aliphatic rings. The minimum atomic E-state index is -0.425. The number of carbonyl (C=O) groups is 1. The van der Waals surface area contributed by atoms with Gasteiger partial charge in [0, 0.05) is 0 Å². The van der Waals surface area contributed by atoms with Crippen molar-refractivity contribution in [2.24, 2.45) is 0 Å². The van der Waals surface area contributed by atoms with Gasteiger partial charge in [-0.1, -0.05) is 6.07 Å². The second kappa shape index (κ2) is 4.45. The van der Waals surface area contributed by atoms with E-state index in [1.807, 2.05) is 44.5 Å². The highest BCUT2D eigenvalue weighted by Crippen LogP contribution is 2.20. The molecule has 0 saturated heterocycles. The predicted octanol–water partition coefficient (Wildman–Crippen LogP) is 3.18. The molecule has 3 nitrogen and oxygen atoms in total. The SMILES string of the molecule is CC(C)(C)OC(=O)Cc1ccc2ncsc2c1. The summed E-state index contributed by atoms with van der Waals surface area (Å²) >= 11 is 1.58. The van der Waals surface area contributed by atoms with E-state index in [1.54, 1.807) is 11.3 Å². The van der Waals surface area contributed by atoms with Gasteiger partial charge in [0.2, 0.25) is 0 Å². The average molecular weight is 249 g/mol. The van der Waals surface area contributed by atoms with Crippen LogP contribution >= 0.6 is 11.3 Å². The van der Waals surface area contributed by atoms with Crippen LogP contribution in [0.2, 0.25) is 0 Å². The Kier molecular flexibility index (Phi) is 3.15. The second-order valence-electron chi connectivity index (χ2n) is 4.92. The normalized spacial score (nSPS) is 11.7. The van der Waals surface area contributed by atoms with Gasteiger partial charge < -0.3 is 4.74 Å². The fraction of sp³-hybridized carbons (Fsp3) is 0.385. The van der Waals surface area contributed by atoms with E-state index in [2.05, 4.69) is 4.98 Å². The largest absolute Gasteiger partial charge is 0.460 e. The van der Waals surface area contributed by atoms with Gasteiger partial charge in [0.05, 0.1) is 22.1 Å². The Bertz CT molecular complexity index is 540. The third-order valence-electron chi connectivity index (χ3n) is 2.16. The number of thiazole rings is 1. The highest BCUT2D eigenvalue weighted by Gasteiger charge is 2.16. The number of esters is 1. The summed E-state index contributed by atoms with van der Waals surface area (Å²) in [6.45, 7) is 5.62. The zero-order valence-corrected chi connectivity index (χ0v) is 11.0. The maximum Gasteiger partial charge on any atom is 0.310 e. The predicted molar refractivity (Wildman–Crippen MR) is 69.2 cm³/mol. The number of fused-ring (bicyclic) bond motifs is 1. The van der Waals surface area contributed by atoms with Crippen molar-refractivity contribution >= 4 is 27.5 Å². The fourth-order valence-corrected chi connectivity index (χ4v) is 2.29. The van der Waals surface area contributed by atoms with Gasteiger partial charge in [-0.2, -0.15) is 0 Å². The number of hydrogen-bond donors (Lipinski definition) is 0. The summed E-state index contributed by atoms with van der Waals surface area (Å²) < 4.78 is 6.39. The van der Waals surface area contributed by atoms with E-state index < -0.39 is 5.60 Å². The number of rotatable bonds is 2. The summed E-state index contributed by atoms with van der Waals surface area (Å²) in [5.74, 6) is -0.193. The molecule has 2 rings (SSSR count). The standard InChI is InChI=1S/C13H15NO2S/c1-13(2,3)16-12(15)7-9-4-5-10-11(6-9)17-8-14-10/h4-6,8H,7H2,1-3H3. The summed E-state index contributed by atoms with van der Waals surface area (Å²) in [6.07, 6.45) is 0.311. The molecule has 90 valence electrons. The summed E-state index contributed by atoms with van der Waals surface area (Å²) in [4.78, 5) is 15.9. The van der Waals surface area contributed by atoms with Crippen LogP contribution in [-0.4, -0.2) is 16.6 Å². The molecular formula is C13H15NO2S. The lowest BCUT2D eigenvalue weighted by atomic mass is 10.1. The van der Waals surface area contributed by atoms with Crippen molar-refractivity contribution in [3.63, 3.8) is 0 Å². The first-order valence-corrected chi connectivity index (χ1v) is 6.36. The zero-order valence-electron chi connectivity index (χ0n) is 10.2. The van der Waals surface area contributed by atoms with E-state index in [-0.39, 0.29) is 5.97 Å². The first kappa shape index (κ1) is 12.0. The molecule has 0 atom stereocenters. The molecule has 0 saturated carbocycles. The Morgan fingerprint density at radius 1 is 1.41 bits per heavy atom. The number of carbonyl (C=O) groups excluding carboxylic acids is 1. The van der Waals surface area contributed by atoms with E-state index >= 15 is 0 Å². The highest BCUT2D eigenvalue weighted by molar-refractivity contribution is 7.16. The van der Waals surface area contributed by atoms with E-state index in [9.17, 15) is 4.79 Å². The molecule has 0 amide bonds.